The maximum atomic E-state index is 5.83. The Hall–Kier alpha value is -1.28. The van der Waals surface area contributed by atoms with Crippen LogP contribution in [0.5, 0.6) is 0 Å². The van der Waals surface area contributed by atoms with Gasteiger partial charge in [0.05, 0.1) is 5.52 Å². The van der Waals surface area contributed by atoms with Gasteiger partial charge in [0.15, 0.2) is 0 Å². The third-order valence-corrected chi connectivity index (χ3v) is 4.12. The molecule has 1 saturated carbocycles. The quantitative estimate of drug-likeness (QED) is 0.857. The highest BCUT2D eigenvalue weighted by atomic mass is 15.0. The van der Waals surface area contributed by atoms with Gasteiger partial charge in [-0.25, -0.2) is 0 Å². The molecule has 1 aromatic carbocycles. The monoisotopic (exact) mass is 228 g/mol. The molecule has 17 heavy (non-hydrogen) atoms. The molecule has 0 saturated heterocycles. The maximum Gasteiger partial charge on any atom is 0.0518 e. The molecule has 1 atom stereocenters. The zero-order chi connectivity index (χ0) is 11.8. The van der Waals surface area contributed by atoms with Gasteiger partial charge in [-0.05, 0) is 48.7 Å². The summed E-state index contributed by atoms with van der Waals surface area (Å²) in [6.45, 7) is 2.93. The van der Waals surface area contributed by atoms with Crippen molar-refractivity contribution >= 4 is 10.9 Å². The number of para-hydroxylation sites is 1. The van der Waals surface area contributed by atoms with Gasteiger partial charge in [-0.2, -0.15) is 0 Å². The molecule has 0 radical (unpaired) electrons. The second-order valence-electron chi connectivity index (χ2n) is 5.23. The fraction of sp³-hybridized carbons (Fsp3) is 0.467. The largest absolute Gasteiger partial charge is 0.344 e. The first kappa shape index (κ1) is 10.8. The second kappa shape index (κ2) is 4.19. The zero-order valence-electron chi connectivity index (χ0n) is 10.4. The lowest BCUT2D eigenvalue weighted by Gasteiger charge is -2.29. The van der Waals surface area contributed by atoms with E-state index in [9.17, 15) is 0 Å². The number of hydrogen-bond acceptors (Lipinski definition) is 1. The molecule has 3 rings (SSSR count). The average molecular weight is 228 g/mol. The van der Waals surface area contributed by atoms with Gasteiger partial charge in [-0.1, -0.05) is 25.1 Å². The van der Waals surface area contributed by atoms with Crippen LogP contribution < -0.4 is 5.73 Å². The Morgan fingerprint density at radius 2 is 2.18 bits per heavy atom. The van der Waals surface area contributed by atoms with Crippen LogP contribution in [-0.4, -0.2) is 11.1 Å². The molecule has 2 heteroatoms. The van der Waals surface area contributed by atoms with E-state index in [2.05, 4.69) is 42.0 Å². The lowest BCUT2D eigenvalue weighted by molar-refractivity contribution is 0.321. The van der Waals surface area contributed by atoms with Crippen LogP contribution in [0.4, 0.5) is 0 Å². The van der Waals surface area contributed by atoms with Crippen molar-refractivity contribution in [1.29, 1.82) is 0 Å². The Kier molecular flexibility index (Phi) is 2.67. The van der Waals surface area contributed by atoms with Crippen LogP contribution in [0.25, 0.3) is 10.9 Å². The van der Waals surface area contributed by atoms with E-state index in [1.807, 2.05) is 0 Å². The first-order valence-electron chi connectivity index (χ1n) is 6.61. The molecule has 1 aliphatic carbocycles. The summed E-state index contributed by atoms with van der Waals surface area (Å²) < 4.78 is 2.47. The minimum Gasteiger partial charge on any atom is -0.344 e. The van der Waals surface area contributed by atoms with Crippen LogP contribution in [0.1, 0.15) is 43.7 Å². The number of aromatic nitrogens is 1. The van der Waals surface area contributed by atoms with Gasteiger partial charge in [0.1, 0.15) is 0 Å². The topological polar surface area (TPSA) is 30.9 Å². The highest BCUT2D eigenvalue weighted by Crippen LogP contribution is 2.36. The summed E-state index contributed by atoms with van der Waals surface area (Å²) >= 11 is 0. The maximum absolute atomic E-state index is 5.83. The Morgan fingerprint density at radius 3 is 2.82 bits per heavy atom. The van der Waals surface area contributed by atoms with Crippen LogP contribution in [0.2, 0.25) is 0 Å². The van der Waals surface area contributed by atoms with Crippen molar-refractivity contribution in [3.63, 3.8) is 0 Å². The first-order chi connectivity index (χ1) is 8.31. The Balaban J connectivity index is 2.16. The van der Waals surface area contributed by atoms with E-state index in [1.165, 1.54) is 35.7 Å². The van der Waals surface area contributed by atoms with Gasteiger partial charge in [0.25, 0.3) is 0 Å². The highest BCUT2D eigenvalue weighted by Gasteiger charge is 2.22. The lowest BCUT2D eigenvalue weighted by Crippen LogP contribution is -2.17. The SMILES string of the molecule is CC(CN)c1cccc2ccn(C3CCC3)c12. The average Bonchev–Trinajstić information content (AvgIpc) is 2.70. The van der Waals surface area contributed by atoms with Crippen molar-refractivity contribution < 1.29 is 0 Å². The molecule has 2 N–H and O–H groups in total. The van der Waals surface area contributed by atoms with Gasteiger partial charge >= 0.3 is 0 Å². The van der Waals surface area contributed by atoms with Gasteiger partial charge in [0, 0.05) is 12.2 Å². The summed E-state index contributed by atoms with van der Waals surface area (Å²) in [4.78, 5) is 0. The van der Waals surface area contributed by atoms with Crippen molar-refractivity contribution in [3.05, 3.63) is 36.0 Å². The second-order valence-corrected chi connectivity index (χ2v) is 5.23. The molecule has 2 aromatic rings. The van der Waals surface area contributed by atoms with Crippen molar-refractivity contribution in [3.8, 4) is 0 Å². The number of rotatable bonds is 3. The standard InChI is InChI=1S/C15H20N2/c1-11(10-16)14-7-2-4-12-8-9-17(15(12)14)13-5-3-6-13/h2,4,7-9,11,13H,3,5-6,10,16H2,1H3. The molecule has 1 aromatic heterocycles. The predicted octanol–water partition coefficient (Wildman–Crippen LogP) is 3.43. The lowest BCUT2D eigenvalue weighted by atomic mass is 9.92. The molecule has 1 fully saturated rings. The van der Waals surface area contributed by atoms with Crippen LogP contribution in [0.15, 0.2) is 30.5 Å². The third-order valence-electron chi connectivity index (χ3n) is 4.12. The molecule has 1 unspecified atom stereocenters. The van der Waals surface area contributed by atoms with Crippen molar-refractivity contribution in [2.24, 2.45) is 5.73 Å². The molecule has 2 nitrogen and oxygen atoms in total. The van der Waals surface area contributed by atoms with Crippen molar-refractivity contribution in [2.45, 2.75) is 38.1 Å². The minimum atomic E-state index is 0.437. The van der Waals surface area contributed by atoms with E-state index in [1.54, 1.807) is 0 Å². The zero-order valence-corrected chi connectivity index (χ0v) is 10.4. The molecule has 1 aliphatic rings. The van der Waals surface area contributed by atoms with Crippen LogP contribution in [-0.2, 0) is 0 Å². The third kappa shape index (κ3) is 1.67. The molecular weight excluding hydrogens is 208 g/mol. The fourth-order valence-corrected chi connectivity index (χ4v) is 2.74. The molecular formula is C15H20N2. The summed E-state index contributed by atoms with van der Waals surface area (Å²) in [6, 6.07) is 9.54. The summed E-state index contributed by atoms with van der Waals surface area (Å²) in [5, 5.41) is 1.36. The number of nitrogens with two attached hydrogens (primary N) is 1. The van der Waals surface area contributed by atoms with E-state index in [0.717, 1.165) is 12.6 Å². The highest BCUT2D eigenvalue weighted by molar-refractivity contribution is 5.84. The van der Waals surface area contributed by atoms with E-state index in [4.69, 9.17) is 5.73 Å². The Morgan fingerprint density at radius 1 is 1.35 bits per heavy atom. The van der Waals surface area contributed by atoms with Crippen molar-refractivity contribution in [1.82, 2.24) is 4.57 Å². The van der Waals surface area contributed by atoms with Crippen LogP contribution in [0.3, 0.4) is 0 Å². The van der Waals surface area contributed by atoms with E-state index < -0.39 is 0 Å². The minimum absolute atomic E-state index is 0.437. The van der Waals surface area contributed by atoms with Crippen LogP contribution in [0, 0.1) is 0 Å². The summed E-state index contributed by atoms with van der Waals surface area (Å²) in [6.07, 6.45) is 6.28. The number of nitrogens with zero attached hydrogens (tertiary/aromatic N) is 1. The van der Waals surface area contributed by atoms with Gasteiger partial charge < -0.3 is 10.3 Å². The molecule has 0 amide bonds. The van der Waals surface area contributed by atoms with E-state index in [0.29, 0.717) is 5.92 Å². The van der Waals surface area contributed by atoms with Gasteiger partial charge in [0.2, 0.25) is 0 Å². The smallest absolute Gasteiger partial charge is 0.0518 e. The molecule has 0 spiro atoms. The molecule has 0 aliphatic heterocycles. The molecule has 90 valence electrons. The number of benzene rings is 1. The number of hydrogen-bond donors (Lipinski definition) is 1. The van der Waals surface area contributed by atoms with Gasteiger partial charge in [-0.3, -0.25) is 0 Å². The van der Waals surface area contributed by atoms with E-state index >= 15 is 0 Å². The predicted molar refractivity (Wildman–Crippen MR) is 72.3 cm³/mol. The summed E-state index contributed by atoms with van der Waals surface area (Å²) in [5.74, 6) is 0.437. The Bertz CT molecular complexity index is 523. The fourth-order valence-electron chi connectivity index (χ4n) is 2.74. The Labute approximate surface area is 102 Å². The van der Waals surface area contributed by atoms with Crippen molar-refractivity contribution in [2.75, 3.05) is 6.54 Å². The summed E-state index contributed by atoms with van der Waals surface area (Å²) in [5.41, 5.74) is 8.64. The molecule has 1 heterocycles. The molecule has 0 bridgehead atoms. The summed E-state index contributed by atoms with van der Waals surface area (Å²) in [7, 11) is 0. The first-order valence-corrected chi connectivity index (χ1v) is 6.61. The van der Waals surface area contributed by atoms with E-state index in [-0.39, 0.29) is 0 Å². The normalized spacial score (nSPS) is 18.2. The van der Waals surface area contributed by atoms with Crippen LogP contribution >= 0.6 is 0 Å². The van der Waals surface area contributed by atoms with Gasteiger partial charge in [-0.15, -0.1) is 0 Å². The number of fused-ring (bicyclic) bond motifs is 1.